The number of unbranched alkanes of at least 4 members (excludes halogenated alkanes) is 2. The van der Waals surface area contributed by atoms with Gasteiger partial charge in [-0.3, -0.25) is 9.59 Å². The zero-order valence-electron chi connectivity index (χ0n) is 19.7. The Hall–Kier alpha value is -2.79. The maximum Gasteiger partial charge on any atom is 0.295 e. The van der Waals surface area contributed by atoms with Crippen molar-refractivity contribution in [2.45, 2.75) is 58.9 Å². The van der Waals surface area contributed by atoms with Gasteiger partial charge in [0.2, 0.25) is 0 Å². The molecule has 1 atom stereocenters. The van der Waals surface area contributed by atoms with Gasteiger partial charge in [-0.2, -0.15) is 0 Å². The van der Waals surface area contributed by atoms with E-state index in [4.69, 9.17) is 16.3 Å². The predicted octanol–water partition coefficient (Wildman–Crippen LogP) is 6.47. The lowest BCUT2D eigenvalue weighted by atomic mass is 9.93. The smallest absolute Gasteiger partial charge is 0.295 e. The lowest BCUT2D eigenvalue weighted by Gasteiger charge is -2.25. The number of carbonyl (C=O) groups is 2. The van der Waals surface area contributed by atoms with E-state index >= 15 is 0 Å². The Morgan fingerprint density at radius 3 is 2.39 bits per heavy atom. The number of rotatable bonds is 9. The Labute approximate surface area is 201 Å². The van der Waals surface area contributed by atoms with E-state index in [1.165, 1.54) is 5.56 Å². The summed E-state index contributed by atoms with van der Waals surface area (Å²) in [5.41, 5.74) is 2.45. The van der Waals surface area contributed by atoms with Gasteiger partial charge in [0.1, 0.15) is 11.5 Å². The number of carbonyl (C=O) groups excluding carboxylic acids is 2. The van der Waals surface area contributed by atoms with Crippen LogP contribution in [0.4, 0.5) is 0 Å². The molecule has 2 aromatic carbocycles. The first-order chi connectivity index (χ1) is 15.8. The van der Waals surface area contributed by atoms with Gasteiger partial charge in [0, 0.05) is 12.1 Å². The lowest BCUT2D eigenvalue weighted by molar-refractivity contribution is -0.139. The second-order valence-corrected chi connectivity index (χ2v) is 9.01. The zero-order chi connectivity index (χ0) is 24.1. The zero-order valence-corrected chi connectivity index (χ0v) is 20.5. The number of likely N-dealkylation sites (tertiary alicyclic amines) is 1. The number of Topliss-reactive ketones (excluding diaryl/α,β-unsaturated/α-hetero) is 1. The molecule has 1 saturated heterocycles. The maximum absolute atomic E-state index is 13.1. The molecule has 5 nitrogen and oxygen atoms in total. The van der Waals surface area contributed by atoms with E-state index in [2.05, 4.69) is 20.8 Å². The van der Waals surface area contributed by atoms with Crippen LogP contribution in [0.25, 0.3) is 5.76 Å². The molecule has 1 N–H and O–H groups in total. The molecular formula is C27H32ClNO4. The number of nitrogens with zero attached hydrogens (tertiary/aromatic N) is 1. The largest absolute Gasteiger partial charge is 0.507 e. The van der Waals surface area contributed by atoms with Gasteiger partial charge in [0.25, 0.3) is 11.7 Å². The summed E-state index contributed by atoms with van der Waals surface area (Å²) in [5.74, 6) is -0.694. The van der Waals surface area contributed by atoms with Crippen molar-refractivity contribution in [2.75, 3.05) is 13.2 Å². The summed E-state index contributed by atoms with van der Waals surface area (Å²) in [4.78, 5) is 27.7. The Morgan fingerprint density at radius 1 is 1.09 bits per heavy atom. The first kappa shape index (κ1) is 24.8. The Morgan fingerprint density at radius 2 is 1.79 bits per heavy atom. The Balaban J connectivity index is 2.12. The van der Waals surface area contributed by atoms with E-state index in [1.807, 2.05) is 31.2 Å². The molecule has 0 radical (unpaired) electrons. The third-order valence-electron chi connectivity index (χ3n) is 5.97. The molecule has 0 aliphatic carbocycles. The van der Waals surface area contributed by atoms with Crippen molar-refractivity contribution in [3.05, 3.63) is 69.8 Å². The Kier molecular flexibility index (Phi) is 8.20. The van der Waals surface area contributed by atoms with Gasteiger partial charge in [-0.1, -0.05) is 69.5 Å². The quantitative estimate of drug-likeness (QED) is 0.198. The van der Waals surface area contributed by atoms with Crippen molar-refractivity contribution in [1.29, 1.82) is 0 Å². The second-order valence-electron chi connectivity index (χ2n) is 8.60. The topological polar surface area (TPSA) is 66.8 Å². The number of ether oxygens (including phenoxy) is 1. The van der Waals surface area contributed by atoms with E-state index in [0.717, 1.165) is 24.8 Å². The van der Waals surface area contributed by atoms with E-state index in [0.29, 0.717) is 35.4 Å². The maximum atomic E-state index is 13.1. The second kappa shape index (κ2) is 10.9. The van der Waals surface area contributed by atoms with E-state index < -0.39 is 17.7 Å². The summed E-state index contributed by atoms with van der Waals surface area (Å²) in [6, 6.07) is 12.1. The number of benzene rings is 2. The SMILES string of the molecule is CCCCCN1C(=O)C(=O)/C(=C(\O)c2ccc(Cl)c(OCC)c2)C1c1ccc(C(C)C)cc1. The highest BCUT2D eigenvalue weighted by atomic mass is 35.5. The van der Waals surface area contributed by atoms with Crippen LogP contribution in [0.1, 0.15) is 75.6 Å². The van der Waals surface area contributed by atoms with Crippen molar-refractivity contribution in [3.8, 4) is 5.75 Å². The van der Waals surface area contributed by atoms with Crippen molar-refractivity contribution in [3.63, 3.8) is 0 Å². The molecule has 0 bridgehead atoms. The first-order valence-electron chi connectivity index (χ1n) is 11.6. The Bertz CT molecular complexity index is 1040. The molecule has 176 valence electrons. The van der Waals surface area contributed by atoms with Crippen molar-refractivity contribution < 1.29 is 19.4 Å². The fraction of sp³-hybridized carbons (Fsp3) is 0.407. The minimum atomic E-state index is -0.671. The van der Waals surface area contributed by atoms with Crippen LogP contribution in [-0.2, 0) is 9.59 Å². The first-order valence-corrected chi connectivity index (χ1v) is 12.0. The number of aliphatic hydroxyl groups excluding tert-OH is 1. The molecule has 0 aromatic heterocycles. The van der Waals surface area contributed by atoms with E-state index in [9.17, 15) is 14.7 Å². The van der Waals surface area contributed by atoms with Crippen LogP contribution in [0.2, 0.25) is 5.02 Å². The highest BCUT2D eigenvalue weighted by molar-refractivity contribution is 6.46. The average Bonchev–Trinajstić information content (AvgIpc) is 3.05. The molecule has 1 aliphatic heterocycles. The molecule has 1 unspecified atom stereocenters. The predicted molar refractivity (Wildman–Crippen MR) is 132 cm³/mol. The van der Waals surface area contributed by atoms with Crippen molar-refractivity contribution >= 4 is 29.1 Å². The molecule has 1 aliphatic rings. The number of aliphatic hydroxyl groups is 1. The summed E-state index contributed by atoms with van der Waals surface area (Å²) >= 11 is 6.20. The molecule has 6 heteroatoms. The van der Waals surface area contributed by atoms with Crippen LogP contribution in [0.3, 0.4) is 0 Å². The molecule has 3 rings (SSSR count). The van der Waals surface area contributed by atoms with Crippen molar-refractivity contribution in [2.24, 2.45) is 0 Å². The summed E-state index contributed by atoms with van der Waals surface area (Å²) in [5, 5.41) is 11.6. The lowest BCUT2D eigenvalue weighted by Crippen LogP contribution is -2.30. The fourth-order valence-electron chi connectivity index (χ4n) is 4.12. The van der Waals surface area contributed by atoms with E-state index in [-0.39, 0.29) is 11.3 Å². The summed E-state index contributed by atoms with van der Waals surface area (Å²) in [6.07, 6.45) is 2.75. The van der Waals surface area contributed by atoms with Gasteiger partial charge in [0.05, 0.1) is 23.2 Å². The van der Waals surface area contributed by atoms with Crippen LogP contribution in [0.5, 0.6) is 5.75 Å². The van der Waals surface area contributed by atoms with Crippen LogP contribution >= 0.6 is 11.6 Å². The van der Waals surface area contributed by atoms with Gasteiger partial charge in [0.15, 0.2) is 0 Å². The third-order valence-corrected chi connectivity index (χ3v) is 6.28. The van der Waals surface area contributed by atoms with Gasteiger partial charge in [-0.25, -0.2) is 0 Å². The van der Waals surface area contributed by atoms with Gasteiger partial charge in [-0.15, -0.1) is 0 Å². The van der Waals surface area contributed by atoms with Gasteiger partial charge >= 0.3 is 0 Å². The van der Waals surface area contributed by atoms with Crippen LogP contribution in [-0.4, -0.2) is 34.8 Å². The number of halogens is 1. The molecule has 0 saturated carbocycles. The molecule has 33 heavy (non-hydrogen) atoms. The summed E-state index contributed by atoms with van der Waals surface area (Å²) < 4.78 is 5.54. The molecule has 1 amide bonds. The highest BCUT2D eigenvalue weighted by Gasteiger charge is 2.45. The molecule has 1 heterocycles. The number of amides is 1. The van der Waals surface area contributed by atoms with Gasteiger partial charge in [-0.05, 0) is 48.6 Å². The summed E-state index contributed by atoms with van der Waals surface area (Å²) in [7, 11) is 0. The number of hydrogen-bond donors (Lipinski definition) is 1. The summed E-state index contributed by atoms with van der Waals surface area (Å²) in [6.45, 7) is 9.02. The van der Waals surface area contributed by atoms with Gasteiger partial charge < -0.3 is 14.7 Å². The normalized spacial score (nSPS) is 17.8. The fourth-order valence-corrected chi connectivity index (χ4v) is 4.30. The third kappa shape index (κ3) is 5.25. The van der Waals surface area contributed by atoms with Crippen LogP contribution < -0.4 is 4.74 Å². The van der Waals surface area contributed by atoms with Crippen LogP contribution in [0.15, 0.2) is 48.0 Å². The monoisotopic (exact) mass is 469 g/mol. The highest BCUT2D eigenvalue weighted by Crippen LogP contribution is 2.40. The number of hydrogen-bond acceptors (Lipinski definition) is 4. The van der Waals surface area contributed by atoms with Crippen LogP contribution in [0, 0.1) is 0 Å². The molecular weight excluding hydrogens is 438 g/mol. The minimum absolute atomic E-state index is 0.0959. The number of ketones is 1. The standard InChI is InChI=1S/C27H32ClNO4/c1-5-7-8-15-29-24(19-11-9-18(10-12-19)17(3)4)23(26(31)27(29)32)25(30)20-13-14-21(28)22(16-20)33-6-2/h9-14,16-17,24,30H,5-8,15H2,1-4H3/b25-23-. The molecule has 0 spiro atoms. The van der Waals surface area contributed by atoms with E-state index in [1.54, 1.807) is 23.1 Å². The molecule has 1 fully saturated rings. The minimum Gasteiger partial charge on any atom is -0.507 e. The average molecular weight is 470 g/mol. The molecule has 2 aromatic rings. The van der Waals surface area contributed by atoms with Crippen molar-refractivity contribution in [1.82, 2.24) is 4.90 Å².